The van der Waals surface area contributed by atoms with Crippen LogP contribution in [-0.2, 0) is 17.9 Å². The van der Waals surface area contributed by atoms with Gasteiger partial charge in [0.1, 0.15) is 0 Å². The third-order valence-corrected chi connectivity index (χ3v) is 7.18. The number of pyridine rings is 2. The molecule has 5 rings (SSSR count). The maximum absolute atomic E-state index is 14.2. The van der Waals surface area contributed by atoms with Crippen molar-refractivity contribution in [2.45, 2.75) is 51.7 Å². The van der Waals surface area contributed by atoms with E-state index in [4.69, 9.17) is 0 Å². The first-order valence-electron chi connectivity index (χ1n) is 11.9. The van der Waals surface area contributed by atoms with Gasteiger partial charge in [-0.25, -0.2) is 0 Å². The van der Waals surface area contributed by atoms with E-state index in [-0.39, 0.29) is 17.9 Å². The maximum atomic E-state index is 14.2. The summed E-state index contributed by atoms with van der Waals surface area (Å²) in [6, 6.07) is 10.5. The third kappa shape index (κ3) is 4.17. The molecular formula is C26H32N6O. The second kappa shape index (κ2) is 9.06. The summed E-state index contributed by atoms with van der Waals surface area (Å²) in [5, 5.41) is 4.62. The first-order valence-corrected chi connectivity index (χ1v) is 11.9. The predicted octanol–water partition coefficient (Wildman–Crippen LogP) is 3.66. The lowest BCUT2D eigenvalue weighted by atomic mass is 9.70. The van der Waals surface area contributed by atoms with Gasteiger partial charge in [-0.1, -0.05) is 6.07 Å². The molecule has 0 aromatic carbocycles. The van der Waals surface area contributed by atoms with Crippen LogP contribution in [0.3, 0.4) is 0 Å². The zero-order valence-electron chi connectivity index (χ0n) is 19.5. The summed E-state index contributed by atoms with van der Waals surface area (Å²) in [7, 11) is 0. The fourth-order valence-corrected chi connectivity index (χ4v) is 5.72. The van der Waals surface area contributed by atoms with Crippen molar-refractivity contribution in [3.8, 4) is 0 Å². The van der Waals surface area contributed by atoms with Crippen LogP contribution >= 0.6 is 0 Å². The second-order valence-electron chi connectivity index (χ2n) is 9.72. The molecule has 7 nitrogen and oxygen atoms in total. The summed E-state index contributed by atoms with van der Waals surface area (Å²) in [4.78, 5) is 27.1. The standard InChI is InChI=1S/C26H32N6O/c1-20(2)32-24(8-13-29-32)23-18-30(16-21-6-11-27-12-7-21)19-26(23)9-4-14-31(25(26)33)17-22-5-3-10-28-15-22/h3,5-8,10-13,15,20,23H,4,9,14,16-19H2,1-2H3/t23-,26+/m0/s1. The van der Waals surface area contributed by atoms with E-state index in [0.29, 0.717) is 6.54 Å². The summed E-state index contributed by atoms with van der Waals surface area (Å²) >= 11 is 0. The van der Waals surface area contributed by atoms with E-state index >= 15 is 0 Å². The number of amides is 1. The van der Waals surface area contributed by atoms with Crippen LogP contribution in [0.2, 0.25) is 0 Å². The van der Waals surface area contributed by atoms with Crippen LogP contribution in [0.25, 0.3) is 0 Å². The molecule has 1 amide bonds. The average molecular weight is 445 g/mol. The van der Waals surface area contributed by atoms with Crippen molar-refractivity contribution >= 4 is 5.91 Å². The monoisotopic (exact) mass is 444 g/mol. The Morgan fingerprint density at radius 1 is 1.03 bits per heavy atom. The number of hydrogen-bond acceptors (Lipinski definition) is 5. The maximum Gasteiger partial charge on any atom is 0.231 e. The highest BCUT2D eigenvalue weighted by Gasteiger charge is 2.56. The number of aromatic nitrogens is 4. The van der Waals surface area contributed by atoms with Gasteiger partial charge in [0.15, 0.2) is 0 Å². The van der Waals surface area contributed by atoms with E-state index in [2.05, 4.69) is 67.7 Å². The molecule has 33 heavy (non-hydrogen) atoms. The van der Waals surface area contributed by atoms with Gasteiger partial charge in [0.2, 0.25) is 5.91 Å². The molecule has 0 radical (unpaired) electrons. The van der Waals surface area contributed by atoms with Gasteiger partial charge in [0.25, 0.3) is 0 Å². The van der Waals surface area contributed by atoms with Crippen molar-refractivity contribution in [1.82, 2.24) is 29.5 Å². The van der Waals surface area contributed by atoms with Crippen LogP contribution in [-0.4, -0.2) is 55.1 Å². The molecule has 0 aliphatic carbocycles. The van der Waals surface area contributed by atoms with Gasteiger partial charge in [-0.05, 0) is 62.1 Å². The first-order chi connectivity index (χ1) is 16.1. The smallest absolute Gasteiger partial charge is 0.231 e. The zero-order valence-corrected chi connectivity index (χ0v) is 19.5. The minimum Gasteiger partial charge on any atom is -0.338 e. The quantitative estimate of drug-likeness (QED) is 0.580. The van der Waals surface area contributed by atoms with Gasteiger partial charge in [-0.3, -0.25) is 24.3 Å². The number of carbonyl (C=O) groups excluding carboxylic acids is 1. The minimum absolute atomic E-state index is 0.119. The van der Waals surface area contributed by atoms with Crippen molar-refractivity contribution in [3.63, 3.8) is 0 Å². The molecule has 2 aliphatic heterocycles. The number of rotatable bonds is 6. The Balaban J connectivity index is 1.48. The summed E-state index contributed by atoms with van der Waals surface area (Å²) in [5.74, 6) is 0.393. The van der Waals surface area contributed by atoms with Crippen LogP contribution in [0.15, 0.2) is 61.3 Å². The van der Waals surface area contributed by atoms with Crippen molar-refractivity contribution in [2.75, 3.05) is 19.6 Å². The molecule has 0 bridgehead atoms. The minimum atomic E-state index is -0.430. The van der Waals surface area contributed by atoms with E-state index in [1.54, 1.807) is 6.20 Å². The number of piperidine rings is 1. The van der Waals surface area contributed by atoms with Gasteiger partial charge in [-0.15, -0.1) is 0 Å². The van der Waals surface area contributed by atoms with Crippen LogP contribution < -0.4 is 0 Å². The summed E-state index contributed by atoms with van der Waals surface area (Å²) in [5.41, 5.74) is 3.06. The lowest BCUT2D eigenvalue weighted by Gasteiger charge is -2.42. The number of hydrogen-bond donors (Lipinski definition) is 0. The summed E-state index contributed by atoms with van der Waals surface area (Å²) < 4.78 is 2.11. The van der Waals surface area contributed by atoms with Gasteiger partial charge >= 0.3 is 0 Å². The van der Waals surface area contributed by atoms with Gasteiger partial charge in [0, 0.05) is 81.4 Å². The average Bonchev–Trinajstić information content (AvgIpc) is 3.44. The summed E-state index contributed by atoms with van der Waals surface area (Å²) in [6.07, 6.45) is 11.1. The van der Waals surface area contributed by atoms with E-state index < -0.39 is 5.41 Å². The summed E-state index contributed by atoms with van der Waals surface area (Å²) in [6.45, 7) is 8.19. The highest BCUT2D eigenvalue weighted by Crippen LogP contribution is 2.50. The van der Waals surface area contributed by atoms with Crippen molar-refractivity contribution in [3.05, 3.63) is 78.1 Å². The fourth-order valence-electron chi connectivity index (χ4n) is 5.72. The van der Waals surface area contributed by atoms with Crippen LogP contribution in [0.4, 0.5) is 0 Å². The van der Waals surface area contributed by atoms with Gasteiger partial charge in [0.05, 0.1) is 5.41 Å². The number of nitrogens with zero attached hydrogens (tertiary/aromatic N) is 6. The molecule has 0 saturated carbocycles. The Morgan fingerprint density at radius 2 is 1.88 bits per heavy atom. The van der Waals surface area contributed by atoms with Crippen LogP contribution in [0.5, 0.6) is 0 Å². The van der Waals surface area contributed by atoms with Crippen LogP contribution in [0.1, 0.15) is 55.5 Å². The largest absolute Gasteiger partial charge is 0.338 e. The molecule has 1 spiro atoms. The Labute approximate surface area is 195 Å². The van der Waals surface area contributed by atoms with Crippen molar-refractivity contribution < 1.29 is 4.79 Å². The highest BCUT2D eigenvalue weighted by molar-refractivity contribution is 5.85. The molecular weight excluding hydrogens is 412 g/mol. The topological polar surface area (TPSA) is 67.2 Å². The lowest BCUT2D eigenvalue weighted by molar-refractivity contribution is -0.147. The van der Waals surface area contributed by atoms with Gasteiger partial charge in [-0.2, -0.15) is 5.10 Å². The molecule has 3 aromatic heterocycles. The molecule has 2 fully saturated rings. The Kier molecular flexibility index (Phi) is 5.98. The van der Waals surface area contributed by atoms with Gasteiger partial charge < -0.3 is 4.90 Å². The van der Waals surface area contributed by atoms with E-state index in [0.717, 1.165) is 44.6 Å². The normalized spacial score (nSPS) is 23.7. The Morgan fingerprint density at radius 3 is 2.64 bits per heavy atom. The fraction of sp³-hybridized carbons (Fsp3) is 0.462. The van der Waals surface area contributed by atoms with E-state index in [1.165, 1.54) is 11.3 Å². The third-order valence-electron chi connectivity index (χ3n) is 7.18. The Hall–Kier alpha value is -3.06. The number of likely N-dealkylation sites (tertiary alicyclic amines) is 2. The SMILES string of the molecule is CC(C)n1nccc1[C@@H]1CN(Cc2ccncc2)C[C@]12CCCN(Cc1cccnc1)C2=O. The molecule has 0 unspecified atom stereocenters. The molecule has 2 aliphatic rings. The molecule has 2 saturated heterocycles. The lowest BCUT2D eigenvalue weighted by Crippen LogP contribution is -2.52. The first kappa shape index (κ1) is 21.8. The molecule has 7 heteroatoms. The Bertz CT molecular complexity index is 1080. The molecule has 3 aromatic rings. The van der Waals surface area contributed by atoms with E-state index in [1.807, 2.05) is 30.9 Å². The second-order valence-corrected chi connectivity index (χ2v) is 9.72. The highest BCUT2D eigenvalue weighted by atomic mass is 16.2. The van der Waals surface area contributed by atoms with Crippen LogP contribution in [0, 0.1) is 5.41 Å². The van der Waals surface area contributed by atoms with E-state index in [9.17, 15) is 4.79 Å². The molecule has 0 N–H and O–H groups in total. The zero-order chi connectivity index (χ0) is 22.8. The van der Waals surface area contributed by atoms with Crippen molar-refractivity contribution in [2.24, 2.45) is 5.41 Å². The molecule has 5 heterocycles. The van der Waals surface area contributed by atoms with Crippen molar-refractivity contribution in [1.29, 1.82) is 0 Å². The predicted molar refractivity (Wildman–Crippen MR) is 126 cm³/mol. The molecule has 172 valence electrons. The molecule has 2 atom stereocenters. The number of carbonyl (C=O) groups is 1.